The minimum Gasteiger partial charge on any atom is -0.332 e. The Hall–Kier alpha value is -2.58. The highest BCUT2D eigenvalue weighted by Crippen LogP contribution is 2.30. The molecule has 0 aliphatic rings. The smallest absolute Gasteiger partial charge is 0.187 e. The van der Waals surface area contributed by atoms with Crippen LogP contribution in [0.5, 0.6) is 0 Å². The Bertz CT molecular complexity index is 1140. The molecule has 3 heterocycles. The number of nitrogens with zero attached hydrogens (tertiary/aromatic N) is 3. The lowest BCUT2D eigenvalue weighted by molar-refractivity contribution is 0.101. The van der Waals surface area contributed by atoms with E-state index >= 15 is 0 Å². The van der Waals surface area contributed by atoms with Gasteiger partial charge in [-0.1, -0.05) is 12.1 Å². The van der Waals surface area contributed by atoms with Gasteiger partial charge in [0.25, 0.3) is 0 Å². The molecule has 1 N–H and O–H groups in total. The molecule has 0 saturated heterocycles. The third-order valence-electron chi connectivity index (χ3n) is 4.02. The number of hydrogen-bond donors (Lipinski definition) is 1. The van der Waals surface area contributed by atoms with Crippen molar-refractivity contribution in [2.24, 2.45) is 0 Å². The van der Waals surface area contributed by atoms with Gasteiger partial charge in [0.1, 0.15) is 17.2 Å². The van der Waals surface area contributed by atoms with Crippen molar-refractivity contribution in [1.82, 2.24) is 14.4 Å². The predicted octanol–water partition coefficient (Wildman–Crippen LogP) is 5.43. The van der Waals surface area contributed by atoms with E-state index in [0.717, 1.165) is 22.8 Å². The topological polar surface area (TPSA) is 59.3 Å². The minimum atomic E-state index is -0.328. The van der Waals surface area contributed by atoms with Crippen molar-refractivity contribution in [3.8, 4) is 11.4 Å². The van der Waals surface area contributed by atoms with Crippen LogP contribution in [-0.4, -0.2) is 20.2 Å². The second-order valence-electron chi connectivity index (χ2n) is 5.92. The van der Waals surface area contributed by atoms with E-state index in [4.69, 9.17) is 0 Å². The number of ketones is 1. The molecule has 0 aliphatic heterocycles. The first kappa shape index (κ1) is 19.2. The summed E-state index contributed by atoms with van der Waals surface area (Å²) in [4.78, 5) is 20.6. The largest absolute Gasteiger partial charge is 0.332 e. The Labute approximate surface area is 169 Å². The van der Waals surface area contributed by atoms with Crippen molar-refractivity contribution in [3.63, 3.8) is 0 Å². The van der Waals surface area contributed by atoms with Crippen molar-refractivity contribution in [2.75, 3.05) is 5.32 Å². The second-order valence-corrected chi connectivity index (χ2v) is 6.78. The van der Waals surface area contributed by atoms with Gasteiger partial charge in [-0.05, 0) is 38.1 Å². The fourth-order valence-corrected chi connectivity index (χ4v) is 3.54. The van der Waals surface area contributed by atoms with Gasteiger partial charge in [-0.25, -0.2) is 14.4 Å². The van der Waals surface area contributed by atoms with Gasteiger partial charge < -0.3 is 5.32 Å². The number of thiazole rings is 1. The Morgan fingerprint density at radius 3 is 2.81 bits per heavy atom. The number of imidazole rings is 1. The molecule has 1 aromatic carbocycles. The zero-order chi connectivity index (χ0) is 18.3. The molecule has 4 aromatic rings. The lowest BCUT2D eigenvalue weighted by atomic mass is 10.1. The Kier molecular flexibility index (Phi) is 5.38. The van der Waals surface area contributed by atoms with Crippen LogP contribution in [0.4, 0.5) is 15.2 Å². The van der Waals surface area contributed by atoms with Gasteiger partial charge in [0, 0.05) is 22.8 Å². The molecule has 3 aromatic heterocycles. The molecule has 0 atom stereocenters. The molecule has 0 amide bonds. The monoisotopic (exact) mass is 446 g/mol. The first-order valence-electron chi connectivity index (χ1n) is 7.99. The molecule has 8 heteroatoms. The number of aromatic nitrogens is 3. The molecular formula is C19H16BrFN4OS. The summed E-state index contributed by atoms with van der Waals surface area (Å²) >= 11 is 1.44. The van der Waals surface area contributed by atoms with E-state index in [0.29, 0.717) is 16.3 Å². The lowest BCUT2D eigenvalue weighted by Crippen LogP contribution is -1.95. The molecule has 0 unspecified atom stereocenters. The quantitative estimate of drug-likeness (QED) is 0.424. The summed E-state index contributed by atoms with van der Waals surface area (Å²) in [6.07, 6.45) is 1.41. The molecule has 27 heavy (non-hydrogen) atoms. The maximum atomic E-state index is 13.6. The number of pyridine rings is 1. The fourth-order valence-electron chi connectivity index (χ4n) is 2.82. The summed E-state index contributed by atoms with van der Waals surface area (Å²) in [7, 11) is 0. The van der Waals surface area contributed by atoms with E-state index in [1.807, 2.05) is 24.4 Å². The molecule has 0 bridgehead atoms. The van der Waals surface area contributed by atoms with Gasteiger partial charge in [-0.3, -0.25) is 9.20 Å². The zero-order valence-corrected chi connectivity index (χ0v) is 17.1. The Morgan fingerprint density at radius 1 is 1.22 bits per heavy atom. The predicted molar refractivity (Wildman–Crippen MR) is 111 cm³/mol. The fraction of sp³-hybridized carbons (Fsp3) is 0.105. The van der Waals surface area contributed by atoms with Crippen LogP contribution >= 0.6 is 28.3 Å². The normalized spacial score (nSPS) is 10.6. The number of carbonyl (C=O) groups excluding carboxylic acids is 1. The van der Waals surface area contributed by atoms with Crippen LogP contribution in [0, 0.1) is 12.7 Å². The summed E-state index contributed by atoms with van der Waals surface area (Å²) in [6.45, 7) is 3.41. The SMILES string of the molecule is Br.CC(=O)c1cccc(Nc2nc(-c3c(C)nc4ccc(F)cn34)cs2)c1. The van der Waals surface area contributed by atoms with Crippen molar-refractivity contribution in [2.45, 2.75) is 13.8 Å². The van der Waals surface area contributed by atoms with Crippen molar-refractivity contribution in [3.05, 3.63) is 65.0 Å². The summed E-state index contributed by atoms with van der Waals surface area (Å²) < 4.78 is 15.3. The number of rotatable bonds is 4. The lowest BCUT2D eigenvalue weighted by Gasteiger charge is -2.04. The van der Waals surface area contributed by atoms with Crippen LogP contribution in [0.1, 0.15) is 23.0 Å². The third-order valence-corrected chi connectivity index (χ3v) is 4.78. The molecule has 0 spiro atoms. The molecule has 0 saturated carbocycles. The summed E-state index contributed by atoms with van der Waals surface area (Å²) in [5.74, 6) is -0.317. The standard InChI is InChI=1S/C19H15FN4OS.BrH/c1-11-18(24-9-14(20)6-7-17(24)21-11)16-10-26-19(23-16)22-15-5-3-4-13(8-15)12(2)25;/h3-10H,1-2H3,(H,22,23);1H. The minimum absolute atomic E-state index is 0. The van der Waals surface area contributed by atoms with E-state index in [1.165, 1.54) is 30.5 Å². The highest BCUT2D eigenvalue weighted by Gasteiger charge is 2.15. The number of carbonyl (C=O) groups is 1. The van der Waals surface area contributed by atoms with Crippen LogP contribution in [0.15, 0.2) is 48.0 Å². The van der Waals surface area contributed by atoms with E-state index in [2.05, 4.69) is 15.3 Å². The van der Waals surface area contributed by atoms with Gasteiger partial charge in [0.15, 0.2) is 10.9 Å². The van der Waals surface area contributed by atoms with Crippen LogP contribution < -0.4 is 5.32 Å². The molecule has 4 rings (SSSR count). The number of nitrogens with one attached hydrogen (secondary N) is 1. The van der Waals surface area contributed by atoms with Crippen LogP contribution in [0.3, 0.4) is 0 Å². The maximum absolute atomic E-state index is 13.6. The summed E-state index contributed by atoms with van der Waals surface area (Å²) in [5.41, 5.74) is 4.37. The van der Waals surface area contributed by atoms with Crippen LogP contribution in [0.2, 0.25) is 0 Å². The molecule has 0 radical (unpaired) electrons. The number of fused-ring (bicyclic) bond motifs is 1. The maximum Gasteiger partial charge on any atom is 0.187 e. The van der Waals surface area contributed by atoms with Gasteiger partial charge in [-0.2, -0.15) is 0 Å². The number of Topliss-reactive ketones (excluding diaryl/α,β-unsaturated/α-hetero) is 1. The van der Waals surface area contributed by atoms with Crippen LogP contribution in [0.25, 0.3) is 17.0 Å². The molecule has 0 aliphatic carbocycles. The number of anilines is 2. The van der Waals surface area contributed by atoms with E-state index in [9.17, 15) is 9.18 Å². The van der Waals surface area contributed by atoms with E-state index in [1.54, 1.807) is 22.6 Å². The van der Waals surface area contributed by atoms with Gasteiger partial charge >= 0.3 is 0 Å². The first-order chi connectivity index (χ1) is 12.5. The number of hydrogen-bond acceptors (Lipinski definition) is 5. The van der Waals surface area contributed by atoms with Crippen molar-refractivity contribution >= 4 is 50.6 Å². The van der Waals surface area contributed by atoms with Gasteiger partial charge in [0.05, 0.1) is 11.4 Å². The summed E-state index contributed by atoms with van der Waals surface area (Å²) in [6, 6.07) is 10.3. The first-order valence-corrected chi connectivity index (χ1v) is 8.87. The van der Waals surface area contributed by atoms with Gasteiger partial charge in [-0.15, -0.1) is 28.3 Å². The zero-order valence-electron chi connectivity index (χ0n) is 14.6. The van der Waals surface area contributed by atoms with Crippen LogP contribution in [-0.2, 0) is 0 Å². The Balaban J connectivity index is 0.00000210. The number of aryl methyl sites for hydroxylation is 1. The average Bonchev–Trinajstić information content (AvgIpc) is 3.18. The Morgan fingerprint density at radius 2 is 2.04 bits per heavy atom. The van der Waals surface area contributed by atoms with E-state index in [-0.39, 0.29) is 28.6 Å². The molecule has 138 valence electrons. The highest BCUT2D eigenvalue weighted by molar-refractivity contribution is 8.93. The van der Waals surface area contributed by atoms with E-state index < -0.39 is 0 Å². The second kappa shape index (κ2) is 7.58. The molecule has 0 fully saturated rings. The third kappa shape index (κ3) is 3.77. The number of benzene rings is 1. The number of halogens is 2. The van der Waals surface area contributed by atoms with Crippen molar-refractivity contribution in [1.29, 1.82) is 0 Å². The highest BCUT2D eigenvalue weighted by atomic mass is 79.9. The van der Waals surface area contributed by atoms with Gasteiger partial charge in [0.2, 0.25) is 0 Å². The average molecular weight is 447 g/mol. The molecular weight excluding hydrogens is 431 g/mol. The van der Waals surface area contributed by atoms with Crippen molar-refractivity contribution < 1.29 is 9.18 Å². The summed E-state index contributed by atoms with van der Waals surface area (Å²) in [5, 5.41) is 5.80. The molecule has 5 nitrogen and oxygen atoms in total.